The topological polar surface area (TPSA) is 134 Å². The largest absolute Gasteiger partial charge is 0.507 e. The van der Waals surface area contributed by atoms with E-state index >= 15 is 0 Å². The Morgan fingerprint density at radius 2 is 1.97 bits per heavy atom. The number of aliphatic hydroxyl groups excluding tert-OH is 2. The SMILES string of the molecule is C#Cc1cc(Nc2ncnc3cc(OC)c(OCCCCC(O)CC=O)cc23)ccc1O.CO. The molecule has 180 valence electrons. The van der Waals surface area contributed by atoms with Gasteiger partial charge in [0.15, 0.2) is 11.5 Å². The zero-order valence-electron chi connectivity index (χ0n) is 19.2. The lowest BCUT2D eigenvalue weighted by Gasteiger charge is -2.14. The van der Waals surface area contributed by atoms with Gasteiger partial charge in [0.05, 0.1) is 30.9 Å². The highest BCUT2D eigenvalue weighted by atomic mass is 16.5. The number of anilines is 2. The smallest absolute Gasteiger partial charge is 0.162 e. The molecule has 34 heavy (non-hydrogen) atoms. The first-order valence-electron chi connectivity index (χ1n) is 10.6. The molecular weight excluding hydrogens is 438 g/mol. The maximum Gasteiger partial charge on any atom is 0.162 e. The molecule has 0 saturated heterocycles. The van der Waals surface area contributed by atoms with Crippen LogP contribution in [0.3, 0.4) is 0 Å². The Hall–Kier alpha value is -3.87. The minimum Gasteiger partial charge on any atom is -0.507 e. The minimum absolute atomic E-state index is 0.0321. The van der Waals surface area contributed by atoms with E-state index in [0.29, 0.717) is 47.1 Å². The van der Waals surface area contributed by atoms with Gasteiger partial charge < -0.3 is 34.9 Å². The number of benzene rings is 2. The summed E-state index contributed by atoms with van der Waals surface area (Å²) in [5.41, 5.74) is 1.71. The first-order valence-corrected chi connectivity index (χ1v) is 10.6. The second-order valence-corrected chi connectivity index (χ2v) is 7.14. The molecule has 0 aliphatic rings. The summed E-state index contributed by atoms with van der Waals surface area (Å²) in [6, 6.07) is 8.45. The van der Waals surface area contributed by atoms with Gasteiger partial charge in [0.1, 0.15) is 24.2 Å². The number of hydrogen-bond donors (Lipinski definition) is 4. The van der Waals surface area contributed by atoms with Crippen molar-refractivity contribution >= 4 is 28.7 Å². The Balaban J connectivity index is 0.00000199. The van der Waals surface area contributed by atoms with E-state index < -0.39 is 6.10 Å². The van der Waals surface area contributed by atoms with Crippen molar-refractivity contribution < 1.29 is 29.6 Å². The fourth-order valence-electron chi connectivity index (χ4n) is 3.20. The molecule has 0 spiro atoms. The van der Waals surface area contributed by atoms with Crippen molar-refractivity contribution in [2.45, 2.75) is 31.8 Å². The number of aldehydes is 1. The number of terminal acetylenes is 1. The molecule has 0 amide bonds. The summed E-state index contributed by atoms with van der Waals surface area (Å²) in [7, 11) is 2.56. The van der Waals surface area contributed by atoms with E-state index in [1.807, 2.05) is 0 Å². The van der Waals surface area contributed by atoms with Gasteiger partial charge >= 0.3 is 0 Å². The molecular formula is C25H29N3O6. The van der Waals surface area contributed by atoms with Crippen molar-refractivity contribution in [1.82, 2.24) is 9.97 Å². The Bertz CT molecular complexity index is 1130. The number of carbonyl (C=O) groups excluding carboxylic acids is 1. The Morgan fingerprint density at radius 3 is 2.68 bits per heavy atom. The minimum atomic E-state index is -0.608. The van der Waals surface area contributed by atoms with Crippen LogP contribution in [0.1, 0.15) is 31.2 Å². The number of methoxy groups -OCH3 is 1. The lowest BCUT2D eigenvalue weighted by molar-refractivity contribution is -0.109. The number of ether oxygens (including phenoxy) is 2. The summed E-state index contributed by atoms with van der Waals surface area (Å²) < 4.78 is 11.4. The summed E-state index contributed by atoms with van der Waals surface area (Å²) in [6.07, 6.45) is 9.14. The first kappa shape index (κ1) is 26.4. The van der Waals surface area contributed by atoms with E-state index in [-0.39, 0.29) is 12.2 Å². The molecule has 0 saturated carbocycles. The maximum absolute atomic E-state index is 10.4. The third kappa shape index (κ3) is 7.07. The highest BCUT2D eigenvalue weighted by Gasteiger charge is 2.13. The van der Waals surface area contributed by atoms with Crippen LogP contribution in [0, 0.1) is 12.3 Å². The number of aromatic nitrogens is 2. The second kappa shape index (κ2) is 13.6. The van der Waals surface area contributed by atoms with Gasteiger partial charge in [0.2, 0.25) is 0 Å². The molecule has 1 unspecified atom stereocenters. The number of aliphatic hydroxyl groups is 2. The van der Waals surface area contributed by atoms with Crippen molar-refractivity contribution in [3.8, 4) is 29.6 Å². The van der Waals surface area contributed by atoms with E-state index in [9.17, 15) is 15.0 Å². The molecule has 0 fully saturated rings. The number of phenols is 1. The first-order chi connectivity index (χ1) is 16.5. The van der Waals surface area contributed by atoms with Gasteiger partial charge in [0.25, 0.3) is 0 Å². The Kier molecular flexibility index (Phi) is 10.6. The number of fused-ring (bicyclic) bond motifs is 1. The zero-order valence-corrected chi connectivity index (χ0v) is 19.2. The second-order valence-electron chi connectivity index (χ2n) is 7.14. The molecule has 2 aromatic carbocycles. The van der Waals surface area contributed by atoms with Crippen LogP contribution in [0.2, 0.25) is 0 Å². The van der Waals surface area contributed by atoms with Gasteiger partial charge in [-0.1, -0.05) is 5.92 Å². The number of aromatic hydroxyl groups is 1. The quantitative estimate of drug-likeness (QED) is 0.145. The van der Waals surface area contributed by atoms with E-state index in [1.54, 1.807) is 31.4 Å². The van der Waals surface area contributed by atoms with Gasteiger partial charge in [-0.05, 0) is 43.5 Å². The highest BCUT2D eigenvalue weighted by Crippen LogP contribution is 2.35. The average molecular weight is 468 g/mol. The van der Waals surface area contributed by atoms with Gasteiger partial charge in [0, 0.05) is 30.7 Å². The van der Waals surface area contributed by atoms with Crippen LogP contribution in [0.15, 0.2) is 36.7 Å². The third-order valence-corrected chi connectivity index (χ3v) is 4.89. The average Bonchev–Trinajstić information content (AvgIpc) is 2.86. The lowest BCUT2D eigenvalue weighted by atomic mass is 10.1. The van der Waals surface area contributed by atoms with Crippen molar-refractivity contribution in [2.24, 2.45) is 0 Å². The molecule has 0 bridgehead atoms. The van der Waals surface area contributed by atoms with E-state index in [1.165, 1.54) is 12.4 Å². The van der Waals surface area contributed by atoms with Gasteiger partial charge in [-0.3, -0.25) is 0 Å². The summed E-state index contributed by atoms with van der Waals surface area (Å²) in [5, 5.41) is 30.3. The van der Waals surface area contributed by atoms with Crippen molar-refractivity contribution in [3.63, 3.8) is 0 Å². The van der Waals surface area contributed by atoms with Gasteiger partial charge in [-0.25, -0.2) is 9.97 Å². The van der Waals surface area contributed by atoms with Crippen LogP contribution < -0.4 is 14.8 Å². The number of nitrogens with one attached hydrogen (secondary N) is 1. The highest BCUT2D eigenvalue weighted by molar-refractivity contribution is 5.93. The molecule has 3 rings (SSSR count). The van der Waals surface area contributed by atoms with E-state index in [0.717, 1.165) is 31.6 Å². The normalized spacial score (nSPS) is 11.0. The number of nitrogens with zero attached hydrogens (tertiary/aromatic N) is 2. The predicted molar refractivity (Wildman–Crippen MR) is 130 cm³/mol. The zero-order chi connectivity index (χ0) is 24.9. The predicted octanol–water partition coefficient (Wildman–Crippen LogP) is 3.18. The van der Waals surface area contributed by atoms with Crippen LogP contribution in [-0.4, -0.2) is 58.5 Å². The van der Waals surface area contributed by atoms with Crippen LogP contribution in [0.5, 0.6) is 17.2 Å². The van der Waals surface area contributed by atoms with Crippen molar-refractivity contribution in [1.29, 1.82) is 0 Å². The fourth-order valence-corrected chi connectivity index (χ4v) is 3.20. The van der Waals surface area contributed by atoms with E-state index in [2.05, 4.69) is 21.2 Å². The Labute approximate surface area is 198 Å². The van der Waals surface area contributed by atoms with Crippen molar-refractivity contribution in [2.75, 3.05) is 26.1 Å². The molecule has 0 aliphatic carbocycles. The fraction of sp³-hybridized carbons (Fsp3) is 0.320. The molecule has 1 heterocycles. The summed E-state index contributed by atoms with van der Waals surface area (Å²) >= 11 is 0. The molecule has 0 radical (unpaired) electrons. The number of rotatable bonds is 11. The third-order valence-electron chi connectivity index (χ3n) is 4.89. The summed E-state index contributed by atoms with van der Waals surface area (Å²) in [6.45, 7) is 0.426. The van der Waals surface area contributed by atoms with Crippen LogP contribution in [0.25, 0.3) is 10.9 Å². The van der Waals surface area contributed by atoms with Crippen LogP contribution in [0.4, 0.5) is 11.5 Å². The van der Waals surface area contributed by atoms with E-state index in [4.69, 9.17) is 21.0 Å². The molecule has 0 aliphatic heterocycles. The molecule has 9 heteroatoms. The molecule has 1 aromatic heterocycles. The maximum atomic E-state index is 10.4. The van der Waals surface area contributed by atoms with Crippen molar-refractivity contribution in [3.05, 3.63) is 42.2 Å². The number of carbonyl (C=O) groups is 1. The number of unbranched alkanes of at least 4 members (excludes halogenated alkanes) is 1. The number of hydrogen-bond acceptors (Lipinski definition) is 9. The lowest BCUT2D eigenvalue weighted by Crippen LogP contribution is -2.08. The van der Waals surface area contributed by atoms with Crippen LogP contribution in [-0.2, 0) is 4.79 Å². The standard InChI is InChI=1S/C24H25N3O5.CH4O/c1-3-16-12-17(7-8-21(16)30)27-24-19-13-23(22(31-2)14-20(19)25-15-26-24)32-11-5-4-6-18(29)9-10-28;1-2/h1,7-8,10,12-15,18,29-30H,4-6,9,11H2,2H3,(H,25,26,27);2H,1H3. The molecule has 3 aromatic rings. The number of phenolic OH excluding ortho intramolecular Hbond substituents is 1. The Morgan fingerprint density at radius 1 is 1.18 bits per heavy atom. The van der Waals surface area contributed by atoms with Crippen LogP contribution >= 0.6 is 0 Å². The van der Waals surface area contributed by atoms with Gasteiger partial charge in [-0.2, -0.15) is 0 Å². The molecule has 9 nitrogen and oxygen atoms in total. The molecule has 4 N–H and O–H groups in total. The van der Waals surface area contributed by atoms with Gasteiger partial charge in [-0.15, -0.1) is 6.42 Å². The molecule has 1 atom stereocenters. The summed E-state index contributed by atoms with van der Waals surface area (Å²) in [5.74, 6) is 4.11. The monoisotopic (exact) mass is 467 g/mol. The summed E-state index contributed by atoms with van der Waals surface area (Å²) in [4.78, 5) is 19.1.